The van der Waals surface area contributed by atoms with E-state index in [1.165, 1.54) is 38.9 Å². The fraction of sp³-hybridized carbons (Fsp3) is 0.650. The lowest BCUT2D eigenvalue weighted by molar-refractivity contribution is -0.140. The van der Waals surface area contributed by atoms with Crippen molar-refractivity contribution < 1.29 is 13.9 Å². The molecule has 1 aliphatic carbocycles. The lowest BCUT2D eigenvalue weighted by Crippen LogP contribution is -2.54. The number of hydrogen-bond acceptors (Lipinski definition) is 3. The highest BCUT2D eigenvalue weighted by Gasteiger charge is 2.45. The third-order valence-electron chi connectivity index (χ3n) is 6.05. The number of halogens is 1. The molecule has 1 aromatic rings. The number of carbonyl (C=O) groups is 1. The number of methoxy groups -OCH3 is 1. The fourth-order valence-corrected chi connectivity index (χ4v) is 4.60. The average Bonchev–Trinajstić information content (AvgIpc) is 3.44. The van der Waals surface area contributed by atoms with Crippen molar-refractivity contribution in [3.63, 3.8) is 0 Å². The van der Waals surface area contributed by atoms with Crippen LogP contribution in [0.25, 0.3) is 0 Å². The normalized spacial score (nSPS) is 27.8. The van der Waals surface area contributed by atoms with Gasteiger partial charge in [0.2, 0.25) is 5.91 Å². The molecule has 0 N–H and O–H groups in total. The molecule has 1 amide bonds. The highest BCUT2D eigenvalue weighted by molar-refractivity contribution is 5.78. The lowest BCUT2D eigenvalue weighted by Gasteiger charge is -2.48. The molecule has 2 aliphatic heterocycles. The Kier molecular flexibility index (Phi) is 4.44. The number of carbonyl (C=O) groups excluding carboxylic acids is 1. The van der Waals surface area contributed by atoms with Crippen molar-refractivity contribution in [2.24, 2.45) is 5.41 Å². The van der Waals surface area contributed by atoms with Crippen LogP contribution in [-0.4, -0.2) is 48.5 Å². The van der Waals surface area contributed by atoms with E-state index in [0.29, 0.717) is 24.1 Å². The van der Waals surface area contributed by atoms with E-state index >= 15 is 0 Å². The minimum atomic E-state index is -0.313. The first-order valence-electron chi connectivity index (χ1n) is 9.43. The summed E-state index contributed by atoms with van der Waals surface area (Å²) in [6, 6.07) is 5.65. The fourth-order valence-electron chi connectivity index (χ4n) is 4.60. The molecule has 5 heteroatoms. The van der Waals surface area contributed by atoms with Crippen LogP contribution < -0.4 is 4.74 Å². The maximum atomic E-state index is 13.6. The molecule has 1 saturated carbocycles. The van der Waals surface area contributed by atoms with Crippen molar-refractivity contribution in [3.8, 4) is 5.75 Å². The van der Waals surface area contributed by atoms with Gasteiger partial charge in [0.15, 0.2) is 11.6 Å². The van der Waals surface area contributed by atoms with Crippen LogP contribution in [0.3, 0.4) is 0 Å². The SMILES string of the molecule is COc1cc(CN2CCC[C@]3(CCC(=O)N(C4CC4)C3)C2)ccc1F. The lowest BCUT2D eigenvalue weighted by atomic mass is 9.73. The summed E-state index contributed by atoms with van der Waals surface area (Å²) in [5.41, 5.74) is 1.33. The van der Waals surface area contributed by atoms with Gasteiger partial charge < -0.3 is 9.64 Å². The summed E-state index contributed by atoms with van der Waals surface area (Å²) >= 11 is 0. The molecule has 1 spiro atoms. The summed E-state index contributed by atoms with van der Waals surface area (Å²) < 4.78 is 18.7. The van der Waals surface area contributed by atoms with Gasteiger partial charge in [0.1, 0.15) is 0 Å². The quantitative estimate of drug-likeness (QED) is 0.839. The molecule has 136 valence electrons. The predicted octanol–water partition coefficient (Wildman–Crippen LogP) is 3.20. The Morgan fingerprint density at radius 1 is 1.28 bits per heavy atom. The first-order valence-corrected chi connectivity index (χ1v) is 9.43. The van der Waals surface area contributed by atoms with E-state index < -0.39 is 0 Å². The van der Waals surface area contributed by atoms with Crippen LogP contribution in [0, 0.1) is 11.2 Å². The van der Waals surface area contributed by atoms with Crippen molar-refractivity contribution in [1.29, 1.82) is 0 Å². The van der Waals surface area contributed by atoms with Crippen LogP contribution in [0.5, 0.6) is 5.75 Å². The molecule has 3 fully saturated rings. The van der Waals surface area contributed by atoms with Gasteiger partial charge in [0.05, 0.1) is 7.11 Å². The summed E-state index contributed by atoms with van der Waals surface area (Å²) in [5.74, 6) is 0.355. The minimum Gasteiger partial charge on any atom is -0.494 e. The number of nitrogens with zero attached hydrogens (tertiary/aromatic N) is 2. The maximum Gasteiger partial charge on any atom is 0.222 e. The zero-order valence-corrected chi connectivity index (χ0v) is 15.0. The van der Waals surface area contributed by atoms with Gasteiger partial charge in [-0.3, -0.25) is 9.69 Å². The van der Waals surface area contributed by atoms with Crippen molar-refractivity contribution in [1.82, 2.24) is 9.80 Å². The zero-order valence-electron chi connectivity index (χ0n) is 15.0. The maximum absolute atomic E-state index is 13.6. The van der Waals surface area contributed by atoms with Crippen LogP contribution in [0.1, 0.15) is 44.1 Å². The Morgan fingerprint density at radius 3 is 2.88 bits per heavy atom. The number of benzene rings is 1. The molecule has 3 aliphatic rings. The van der Waals surface area contributed by atoms with E-state index in [9.17, 15) is 9.18 Å². The summed E-state index contributed by atoms with van der Waals surface area (Å²) in [6.07, 6.45) is 6.46. The summed E-state index contributed by atoms with van der Waals surface area (Å²) in [7, 11) is 1.50. The largest absolute Gasteiger partial charge is 0.494 e. The van der Waals surface area contributed by atoms with Crippen molar-refractivity contribution in [3.05, 3.63) is 29.6 Å². The second-order valence-electron chi connectivity index (χ2n) is 8.04. The molecule has 25 heavy (non-hydrogen) atoms. The number of likely N-dealkylation sites (tertiary alicyclic amines) is 2. The van der Waals surface area contributed by atoms with Crippen LogP contribution in [0.2, 0.25) is 0 Å². The van der Waals surface area contributed by atoms with Gasteiger partial charge >= 0.3 is 0 Å². The first-order chi connectivity index (χ1) is 12.1. The van der Waals surface area contributed by atoms with Gasteiger partial charge in [-0.2, -0.15) is 0 Å². The molecule has 2 heterocycles. The van der Waals surface area contributed by atoms with Crippen LogP contribution in [0.15, 0.2) is 18.2 Å². The number of amides is 1. The number of piperidine rings is 2. The highest BCUT2D eigenvalue weighted by atomic mass is 19.1. The Bertz CT molecular complexity index is 661. The molecule has 1 atom stereocenters. The van der Waals surface area contributed by atoms with Crippen molar-refractivity contribution >= 4 is 5.91 Å². The van der Waals surface area contributed by atoms with Gasteiger partial charge in [0, 0.05) is 37.5 Å². The smallest absolute Gasteiger partial charge is 0.222 e. The molecule has 4 rings (SSSR count). The second kappa shape index (κ2) is 6.60. The van der Waals surface area contributed by atoms with E-state index in [0.717, 1.165) is 38.2 Å². The predicted molar refractivity (Wildman–Crippen MR) is 93.9 cm³/mol. The summed E-state index contributed by atoms with van der Waals surface area (Å²) in [4.78, 5) is 16.9. The van der Waals surface area contributed by atoms with Gasteiger partial charge in [-0.15, -0.1) is 0 Å². The zero-order chi connectivity index (χ0) is 17.4. The second-order valence-corrected chi connectivity index (χ2v) is 8.04. The van der Waals surface area contributed by atoms with Gasteiger partial charge in [0.25, 0.3) is 0 Å². The van der Waals surface area contributed by atoms with E-state index in [2.05, 4.69) is 9.80 Å². The van der Waals surface area contributed by atoms with Gasteiger partial charge in [-0.25, -0.2) is 4.39 Å². The van der Waals surface area contributed by atoms with Gasteiger partial charge in [-0.05, 0) is 56.3 Å². The van der Waals surface area contributed by atoms with Crippen LogP contribution in [0.4, 0.5) is 4.39 Å². The van der Waals surface area contributed by atoms with E-state index in [1.807, 2.05) is 6.07 Å². The summed E-state index contributed by atoms with van der Waals surface area (Å²) in [5, 5.41) is 0. The monoisotopic (exact) mass is 346 g/mol. The molecule has 4 nitrogen and oxygen atoms in total. The van der Waals surface area contributed by atoms with E-state index in [1.54, 1.807) is 6.07 Å². The Balaban J connectivity index is 1.45. The third-order valence-corrected chi connectivity index (χ3v) is 6.05. The van der Waals surface area contributed by atoms with Crippen LogP contribution in [-0.2, 0) is 11.3 Å². The third kappa shape index (κ3) is 3.52. The molecule has 2 saturated heterocycles. The van der Waals surface area contributed by atoms with E-state index in [4.69, 9.17) is 4.74 Å². The topological polar surface area (TPSA) is 32.8 Å². The number of ether oxygens (including phenoxy) is 1. The number of hydrogen-bond donors (Lipinski definition) is 0. The number of rotatable bonds is 4. The van der Waals surface area contributed by atoms with Crippen LogP contribution >= 0.6 is 0 Å². The molecule has 0 radical (unpaired) electrons. The Labute approximate surface area is 148 Å². The minimum absolute atomic E-state index is 0.249. The van der Waals surface area contributed by atoms with Crippen molar-refractivity contribution in [2.75, 3.05) is 26.7 Å². The molecular weight excluding hydrogens is 319 g/mol. The molecule has 0 unspecified atom stereocenters. The summed E-state index contributed by atoms with van der Waals surface area (Å²) in [6.45, 7) is 3.84. The molecule has 1 aromatic carbocycles. The van der Waals surface area contributed by atoms with Gasteiger partial charge in [-0.1, -0.05) is 6.07 Å². The Hall–Kier alpha value is -1.62. The standard InChI is InChI=1S/C20H27FN2O2/c1-25-18-11-15(3-6-17(18)21)12-22-10-2-8-20(13-22)9-7-19(24)23(14-20)16-4-5-16/h3,6,11,16H,2,4-5,7-10,12-14H2,1H3/t20-/m0/s1. The average molecular weight is 346 g/mol. The highest BCUT2D eigenvalue weighted by Crippen LogP contribution is 2.42. The van der Waals surface area contributed by atoms with Crippen molar-refractivity contribution in [2.45, 2.75) is 51.1 Å². The first kappa shape index (κ1) is 16.8. The van der Waals surface area contributed by atoms with E-state index in [-0.39, 0.29) is 11.2 Å². The molecular formula is C20H27FN2O2. The molecule has 0 bridgehead atoms. The molecule has 0 aromatic heterocycles. The Morgan fingerprint density at radius 2 is 2.12 bits per heavy atom.